The molecule has 0 nitrogen and oxygen atoms in total. The predicted molar refractivity (Wildman–Crippen MR) is 69.4 cm³/mol. The molecule has 5 saturated carbocycles. The van der Waals surface area contributed by atoms with Crippen LogP contribution in [0.5, 0.6) is 0 Å². The van der Waals surface area contributed by atoms with E-state index in [0.717, 1.165) is 17.8 Å². The van der Waals surface area contributed by atoms with Crippen LogP contribution in [-0.2, 0) is 0 Å². The van der Waals surface area contributed by atoms with Gasteiger partial charge in [0.25, 0.3) is 0 Å². The van der Waals surface area contributed by atoms with Crippen molar-refractivity contribution in [2.24, 2.45) is 53.3 Å². The van der Waals surface area contributed by atoms with Gasteiger partial charge in [0.05, 0.1) is 0 Å². The van der Waals surface area contributed by atoms with E-state index in [2.05, 4.69) is 6.92 Å². The first-order chi connectivity index (χ1) is 8.31. The SMILES string of the molecule is CC1CC2CC3CC2C2CC(CC12)C3C1CC1. The van der Waals surface area contributed by atoms with Crippen LogP contribution in [0.25, 0.3) is 0 Å². The van der Waals surface area contributed by atoms with Crippen molar-refractivity contribution in [3.05, 3.63) is 0 Å². The maximum absolute atomic E-state index is 2.58. The molecule has 0 spiro atoms. The fraction of sp³-hybridized carbons (Fsp3) is 1.00. The van der Waals surface area contributed by atoms with Gasteiger partial charge in [-0.3, -0.25) is 0 Å². The van der Waals surface area contributed by atoms with E-state index in [9.17, 15) is 0 Å². The van der Waals surface area contributed by atoms with E-state index in [1.165, 1.54) is 35.5 Å². The summed E-state index contributed by atoms with van der Waals surface area (Å²) in [6, 6.07) is 0. The highest BCUT2D eigenvalue weighted by molar-refractivity contribution is 5.08. The lowest BCUT2D eigenvalue weighted by molar-refractivity contribution is 0.0851. The first-order valence-electron chi connectivity index (χ1n) is 8.31. The van der Waals surface area contributed by atoms with Crippen LogP contribution < -0.4 is 0 Å². The van der Waals surface area contributed by atoms with Gasteiger partial charge in [0.15, 0.2) is 0 Å². The van der Waals surface area contributed by atoms with Crippen LogP contribution >= 0.6 is 0 Å². The molecule has 0 saturated heterocycles. The maximum Gasteiger partial charge on any atom is -0.0329 e. The Kier molecular flexibility index (Phi) is 1.81. The average Bonchev–Trinajstić information content (AvgIpc) is 2.87. The molecule has 17 heavy (non-hydrogen) atoms. The monoisotopic (exact) mass is 230 g/mol. The van der Waals surface area contributed by atoms with Gasteiger partial charge in [-0.25, -0.2) is 0 Å². The molecule has 0 aliphatic heterocycles. The molecule has 5 rings (SSSR count). The lowest BCUT2D eigenvalue weighted by Gasteiger charge is -2.40. The average molecular weight is 230 g/mol. The molecule has 0 amide bonds. The van der Waals surface area contributed by atoms with Crippen molar-refractivity contribution in [2.45, 2.75) is 51.9 Å². The first-order valence-corrected chi connectivity index (χ1v) is 8.31. The summed E-state index contributed by atoms with van der Waals surface area (Å²) in [6.45, 7) is 2.58. The van der Waals surface area contributed by atoms with Crippen LogP contribution in [0.1, 0.15) is 51.9 Å². The minimum atomic E-state index is 1.07. The number of fused-ring (bicyclic) bond motifs is 2. The Bertz CT molecular complexity index is 340. The zero-order chi connectivity index (χ0) is 11.1. The molecule has 5 fully saturated rings. The smallest absolute Gasteiger partial charge is 0.0329 e. The minimum Gasteiger partial charge on any atom is -0.0622 e. The third kappa shape index (κ3) is 1.21. The third-order valence-electron chi connectivity index (χ3n) is 7.70. The third-order valence-corrected chi connectivity index (χ3v) is 7.70. The molecule has 0 heteroatoms. The fourth-order valence-corrected chi connectivity index (χ4v) is 7.21. The van der Waals surface area contributed by atoms with Crippen molar-refractivity contribution in [3.8, 4) is 0 Å². The Balaban J connectivity index is 1.58. The highest BCUT2D eigenvalue weighted by Crippen LogP contribution is 2.67. The van der Waals surface area contributed by atoms with Gasteiger partial charge in [-0.1, -0.05) is 6.92 Å². The van der Waals surface area contributed by atoms with E-state index >= 15 is 0 Å². The molecule has 4 bridgehead atoms. The molecule has 5 aliphatic rings. The van der Waals surface area contributed by atoms with Crippen LogP contribution in [0.2, 0.25) is 0 Å². The van der Waals surface area contributed by atoms with Gasteiger partial charge < -0.3 is 0 Å². The number of hydrogen-bond acceptors (Lipinski definition) is 0. The molecular formula is C17H26. The summed E-state index contributed by atoms with van der Waals surface area (Å²) in [7, 11) is 0. The van der Waals surface area contributed by atoms with Gasteiger partial charge in [0.1, 0.15) is 0 Å². The lowest BCUT2D eigenvalue weighted by atomic mass is 9.65. The van der Waals surface area contributed by atoms with Crippen LogP contribution in [0.4, 0.5) is 0 Å². The van der Waals surface area contributed by atoms with E-state index in [1.54, 1.807) is 44.9 Å². The summed E-state index contributed by atoms with van der Waals surface area (Å²) in [6.07, 6.45) is 11.4. The second kappa shape index (κ2) is 3.11. The Morgan fingerprint density at radius 1 is 0.588 bits per heavy atom. The molecular weight excluding hydrogens is 204 g/mol. The van der Waals surface area contributed by atoms with Gasteiger partial charge in [0, 0.05) is 0 Å². The molecule has 0 aromatic carbocycles. The van der Waals surface area contributed by atoms with Crippen molar-refractivity contribution < 1.29 is 0 Å². The second-order valence-corrected chi connectivity index (χ2v) is 8.34. The van der Waals surface area contributed by atoms with Crippen molar-refractivity contribution in [1.29, 1.82) is 0 Å². The summed E-state index contributed by atoms with van der Waals surface area (Å²) >= 11 is 0. The Morgan fingerprint density at radius 2 is 1.29 bits per heavy atom. The maximum atomic E-state index is 2.58. The van der Waals surface area contributed by atoms with Crippen molar-refractivity contribution in [3.63, 3.8) is 0 Å². The molecule has 5 aliphatic carbocycles. The summed E-state index contributed by atoms with van der Waals surface area (Å²) < 4.78 is 0. The highest BCUT2D eigenvalue weighted by Gasteiger charge is 2.59. The number of rotatable bonds is 1. The van der Waals surface area contributed by atoms with Gasteiger partial charge in [-0.2, -0.15) is 0 Å². The van der Waals surface area contributed by atoms with Crippen molar-refractivity contribution >= 4 is 0 Å². The van der Waals surface area contributed by atoms with Gasteiger partial charge in [-0.05, 0) is 98.2 Å². The second-order valence-electron chi connectivity index (χ2n) is 8.34. The topological polar surface area (TPSA) is 0 Å². The molecule has 0 N–H and O–H groups in total. The quantitative estimate of drug-likeness (QED) is 0.628. The summed E-state index contributed by atoms with van der Waals surface area (Å²) in [5.74, 6) is 10.5. The summed E-state index contributed by atoms with van der Waals surface area (Å²) in [4.78, 5) is 0. The Hall–Kier alpha value is 0. The molecule has 8 atom stereocenters. The van der Waals surface area contributed by atoms with E-state index in [0.29, 0.717) is 0 Å². The van der Waals surface area contributed by atoms with Crippen LogP contribution in [-0.4, -0.2) is 0 Å². The number of hydrogen-bond donors (Lipinski definition) is 0. The first kappa shape index (κ1) is 9.87. The van der Waals surface area contributed by atoms with Crippen LogP contribution in [0.15, 0.2) is 0 Å². The molecule has 0 aromatic rings. The highest BCUT2D eigenvalue weighted by atomic mass is 14.6. The van der Waals surface area contributed by atoms with Gasteiger partial charge >= 0.3 is 0 Å². The summed E-state index contributed by atoms with van der Waals surface area (Å²) in [5, 5.41) is 0. The zero-order valence-electron chi connectivity index (χ0n) is 11.1. The molecule has 0 heterocycles. The lowest BCUT2D eigenvalue weighted by Crippen LogP contribution is -2.33. The molecule has 94 valence electrons. The predicted octanol–water partition coefficient (Wildman–Crippen LogP) is 4.35. The Labute approximate surface area is 106 Å². The van der Waals surface area contributed by atoms with Gasteiger partial charge in [-0.15, -0.1) is 0 Å². The molecule has 0 radical (unpaired) electrons. The zero-order valence-corrected chi connectivity index (χ0v) is 11.1. The van der Waals surface area contributed by atoms with Crippen LogP contribution in [0.3, 0.4) is 0 Å². The normalized spacial score (nSPS) is 64.1. The Morgan fingerprint density at radius 3 is 2.12 bits per heavy atom. The molecule has 0 aromatic heterocycles. The minimum absolute atomic E-state index is 1.07. The van der Waals surface area contributed by atoms with E-state index in [-0.39, 0.29) is 0 Å². The van der Waals surface area contributed by atoms with Crippen molar-refractivity contribution in [2.75, 3.05) is 0 Å². The van der Waals surface area contributed by atoms with Gasteiger partial charge in [0.2, 0.25) is 0 Å². The van der Waals surface area contributed by atoms with E-state index in [1.807, 2.05) is 0 Å². The van der Waals surface area contributed by atoms with E-state index < -0.39 is 0 Å². The standard InChI is InChI=1S/C17H26/c1-9-4-11-5-12-7-15(11)16-8-13(6-14(9)16)17(12)10-2-3-10/h9-17H,2-8H2,1H3. The van der Waals surface area contributed by atoms with Crippen LogP contribution in [0, 0.1) is 53.3 Å². The largest absolute Gasteiger partial charge is 0.0622 e. The van der Waals surface area contributed by atoms with Crippen molar-refractivity contribution in [1.82, 2.24) is 0 Å². The summed E-state index contributed by atoms with van der Waals surface area (Å²) in [5.41, 5.74) is 0. The fourth-order valence-electron chi connectivity index (χ4n) is 7.21. The van der Waals surface area contributed by atoms with E-state index in [4.69, 9.17) is 0 Å². The molecule has 8 unspecified atom stereocenters.